The molecule has 1 heterocycles. The summed E-state index contributed by atoms with van der Waals surface area (Å²) in [6.07, 6.45) is 2.53. The summed E-state index contributed by atoms with van der Waals surface area (Å²) >= 11 is 5.64. The smallest absolute Gasteiger partial charge is 0.137 e. The van der Waals surface area contributed by atoms with Crippen molar-refractivity contribution in [3.05, 3.63) is 24.0 Å². The molecule has 0 aliphatic rings. The molecule has 0 aromatic carbocycles. The third-order valence-corrected chi connectivity index (χ3v) is 2.73. The SMILES string of the molecule is COC(C)(C)CCOc1ccc(CCl)nc1. The van der Waals surface area contributed by atoms with E-state index >= 15 is 0 Å². The Morgan fingerprint density at radius 1 is 1.38 bits per heavy atom. The van der Waals surface area contributed by atoms with Crippen LogP contribution in [0, 0.1) is 0 Å². The van der Waals surface area contributed by atoms with E-state index in [0.29, 0.717) is 12.5 Å². The van der Waals surface area contributed by atoms with Crippen molar-refractivity contribution in [1.29, 1.82) is 0 Å². The van der Waals surface area contributed by atoms with Gasteiger partial charge in [0.25, 0.3) is 0 Å². The minimum Gasteiger partial charge on any atom is -0.492 e. The average Bonchev–Trinajstić information content (AvgIpc) is 2.30. The van der Waals surface area contributed by atoms with Crippen LogP contribution in [-0.4, -0.2) is 24.3 Å². The number of alkyl halides is 1. The first-order valence-corrected chi connectivity index (χ1v) is 5.80. The minimum atomic E-state index is -0.149. The standard InChI is InChI=1S/C12H18ClNO2/c1-12(2,15-3)6-7-16-11-5-4-10(8-13)14-9-11/h4-5,9H,6-8H2,1-3H3. The van der Waals surface area contributed by atoms with E-state index in [9.17, 15) is 0 Å². The second-order valence-electron chi connectivity index (χ2n) is 4.18. The molecular weight excluding hydrogens is 226 g/mol. The lowest BCUT2D eigenvalue weighted by molar-refractivity contribution is 0.00542. The van der Waals surface area contributed by atoms with Gasteiger partial charge in [-0.25, -0.2) is 0 Å². The van der Waals surface area contributed by atoms with Crippen LogP contribution in [0.3, 0.4) is 0 Å². The highest BCUT2D eigenvalue weighted by Crippen LogP contribution is 2.15. The number of aromatic nitrogens is 1. The third kappa shape index (κ3) is 4.37. The van der Waals surface area contributed by atoms with Crippen molar-refractivity contribution < 1.29 is 9.47 Å². The predicted molar refractivity (Wildman–Crippen MR) is 65.0 cm³/mol. The number of rotatable bonds is 6. The zero-order valence-corrected chi connectivity index (χ0v) is 10.8. The Hall–Kier alpha value is -0.800. The number of hydrogen-bond acceptors (Lipinski definition) is 3. The normalized spacial score (nSPS) is 11.5. The number of hydrogen-bond donors (Lipinski definition) is 0. The largest absolute Gasteiger partial charge is 0.492 e. The van der Waals surface area contributed by atoms with Gasteiger partial charge in [-0.2, -0.15) is 0 Å². The molecule has 0 saturated carbocycles. The van der Waals surface area contributed by atoms with Crippen LogP contribution in [0.25, 0.3) is 0 Å². The molecule has 0 saturated heterocycles. The fraction of sp³-hybridized carbons (Fsp3) is 0.583. The Morgan fingerprint density at radius 3 is 2.62 bits per heavy atom. The molecule has 16 heavy (non-hydrogen) atoms. The van der Waals surface area contributed by atoms with Gasteiger partial charge in [-0.15, -0.1) is 11.6 Å². The van der Waals surface area contributed by atoms with E-state index in [4.69, 9.17) is 21.1 Å². The first-order chi connectivity index (χ1) is 7.57. The van der Waals surface area contributed by atoms with Gasteiger partial charge >= 0.3 is 0 Å². The Bertz CT molecular complexity index is 311. The molecule has 0 spiro atoms. The number of nitrogens with zero attached hydrogens (tertiary/aromatic N) is 1. The molecule has 3 nitrogen and oxygen atoms in total. The second-order valence-corrected chi connectivity index (χ2v) is 4.45. The van der Waals surface area contributed by atoms with E-state index < -0.39 is 0 Å². The third-order valence-electron chi connectivity index (χ3n) is 2.46. The number of halogens is 1. The summed E-state index contributed by atoms with van der Waals surface area (Å²) in [5.41, 5.74) is 0.704. The topological polar surface area (TPSA) is 31.4 Å². The van der Waals surface area contributed by atoms with E-state index in [1.54, 1.807) is 13.3 Å². The van der Waals surface area contributed by atoms with E-state index in [0.717, 1.165) is 17.9 Å². The Balaban J connectivity index is 2.37. The quantitative estimate of drug-likeness (QED) is 0.720. The van der Waals surface area contributed by atoms with Crippen LogP contribution < -0.4 is 4.74 Å². The zero-order chi connectivity index (χ0) is 12.0. The maximum Gasteiger partial charge on any atom is 0.137 e. The lowest BCUT2D eigenvalue weighted by Crippen LogP contribution is -2.25. The van der Waals surface area contributed by atoms with Crippen molar-refractivity contribution >= 4 is 11.6 Å². The molecule has 0 atom stereocenters. The first kappa shape index (κ1) is 13.3. The summed E-state index contributed by atoms with van der Waals surface area (Å²) in [5.74, 6) is 1.19. The molecule has 1 aromatic rings. The van der Waals surface area contributed by atoms with Crippen LogP contribution in [0.15, 0.2) is 18.3 Å². The molecule has 0 bridgehead atoms. The van der Waals surface area contributed by atoms with E-state index in [-0.39, 0.29) is 5.60 Å². The molecule has 90 valence electrons. The van der Waals surface area contributed by atoms with Gasteiger partial charge in [-0.3, -0.25) is 4.98 Å². The molecule has 0 unspecified atom stereocenters. The van der Waals surface area contributed by atoms with Crippen molar-refractivity contribution in [1.82, 2.24) is 4.98 Å². The summed E-state index contributed by atoms with van der Waals surface area (Å²) in [6.45, 7) is 4.68. The van der Waals surface area contributed by atoms with Gasteiger partial charge < -0.3 is 9.47 Å². The molecule has 4 heteroatoms. The lowest BCUT2D eigenvalue weighted by atomic mass is 10.1. The molecular formula is C12H18ClNO2. The van der Waals surface area contributed by atoms with Gasteiger partial charge in [0.05, 0.1) is 30.0 Å². The van der Waals surface area contributed by atoms with Crippen LogP contribution in [-0.2, 0) is 10.6 Å². The van der Waals surface area contributed by atoms with Gasteiger partial charge in [0.2, 0.25) is 0 Å². The molecule has 0 fully saturated rings. The highest BCUT2D eigenvalue weighted by atomic mass is 35.5. The van der Waals surface area contributed by atoms with Crippen molar-refractivity contribution in [3.8, 4) is 5.75 Å². The Labute approximate surface area is 102 Å². The van der Waals surface area contributed by atoms with Crippen LogP contribution in [0.2, 0.25) is 0 Å². The van der Waals surface area contributed by atoms with Crippen LogP contribution in [0.4, 0.5) is 0 Å². The summed E-state index contributed by atoms with van der Waals surface area (Å²) < 4.78 is 10.9. The molecule has 0 aliphatic heterocycles. The Morgan fingerprint density at radius 2 is 2.12 bits per heavy atom. The zero-order valence-electron chi connectivity index (χ0n) is 10.00. The summed E-state index contributed by atoms with van der Waals surface area (Å²) in [5, 5.41) is 0. The van der Waals surface area contributed by atoms with Crippen LogP contribution in [0.5, 0.6) is 5.75 Å². The average molecular weight is 244 g/mol. The molecule has 1 rings (SSSR count). The van der Waals surface area contributed by atoms with Gasteiger partial charge in [-0.1, -0.05) is 0 Å². The molecule has 1 aromatic heterocycles. The first-order valence-electron chi connectivity index (χ1n) is 5.26. The maximum atomic E-state index is 5.64. The monoisotopic (exact) mass is 243 g/mol. The summed E-state index contributed by atoms with van der Waals surface area (Å²) in [4.78, 5) is 4.14. The number of pyridine rings is 1. The molecule has 0 aliphatic carbocycles. The van der Waals surface area contributed by atoms with E-state index in [1.807, 2.05) is 26.0 Å². The number of ether oxygens (including phenoxy) is 2. The summed E-state index contributed by atoms with van der Waals surface area (Å²) in [7, 11) is 1.71. The maximum absolute atomic E-state index is 5.64. The van der Waals surface area contributed by atoms with Crippen LogP contribution in [0.1, 0.15) is 26.0 Å². The van der Waals surface area contributed by atoms with Crippen molar-refractivity contribution in [3.63, 3.8) is 0 Å². The predicted octanol–water partition coefficient (Wildman–Crippen LogP) is 3.01. The van der Waals surface area contributed by atoms with Crippen molar-refractivity contribution in [2.45, 2.75) is 31.7 Å². The highest BCUT2D eigenvalue weighted by molar-refractivity contribution is 6.16. The molecule has 0 amide bonds. The van der Waals surface area contributed by atoms with Crippen LogP contribution >= 0.6 is 11.6 Å². The number of methoxy groups -OCH3 is 1. The minimum absolute atomic E-state index is 0.149. The fourth-order valence-corrected chi connectivity index (χ4v) is 1.25. The van der Waals surface area contributed by atoms with Crippen molar-refractivity contribution in [2.75, 3.05) is 13.7 Å². The highest BCUT2D eigenvalue weighted by Gasteiger charge is 2.15. The molecule has 0 radical (unpaired) electrons. The van der Waals surface area contributed by atoms with Crippen molar-refractivity contribution in [2.24, 2.45) is 0 Å². The fourth-order valence-electron chi connectivity index (χ4n) is 1.09. The van der Waals surface area contributed by atoms with Gasteiger partial charge in [0.15, 0.2) is 0 Å². The van der Waals surface area contributed by atoms with E-state index in [2.05, 4.69) is 4.98 Å². The van der Waals surface area contributed by atoms with Gasteiger partial charge in [0.1, 0.15) is 5.75 Å². The Kier molecular flexibility index (Phi) is 5.03. The van der Waals surface area contributed by atoms with Gasteiger partial charge in [-0.05, 0) is 26.0 Å². The summed E-state index contributed by atoms with van der Waals surface area (Å²) in [6, 6.07) is 3.74. The van der Waals surface area contributed by atoms with Gasteiger partial charge in [0, 0.05) is 13.5 Å². The molecule has 0 N–H and O–H groups in total. The lowest BCUT2D eigenvalue weighted by Gasteiger charge is -2.22. The van der Waals surface area contributed by atoms with E-state index in [1.165, 1.54) is 0 Å². The second kappa shape index (κ2) is 6.06.